The summed E-state index contributed by atoms with van der Waals surface area (Å²) >= 11 is 0. The third-order valence-electron chi connectivity index (χ3n) is 3.72. The fourth-order valence-corrected chi connectivity index (χ4v) is 3.50. The Morgan fingerprint density at radius 1 is 1.04 bits per heavy atom. The van der Waals surface area contributed by atoms with Crippen LogP contribution in [0.15, 0.2) is 59.6 Å². The van der Waals surface area contributed by atoms with E-state index in [-0.39, 0.29) is 4.90 Å². The van der Waals surface area contributed by atoms with Gasteiger partial charge in [0.15, 0.2) is 0 Å². The maximum Gasteiger partial charge on any atom is 0.263 e. The van der Waals surface area contributed by atoms with Crippen LogP contribution in [0.25, 0.3) is 10.8 Å². The highest BCUT2D eigenvalue weighted by molar-refractivity contribution is 7.92. The molecule has 130 valence electrons. The highest BCUT2D eigenvalue weighted by Crippen LogP contribution is 2.25. The van der Waals surface area contributed by atoms with Crippen LogP contribution >= 0.6 is 0 Å². The molecule has 25 heavy (non-hydrogen) atoms. The van der Waals surface area contributed by atoms with Gasteiger partial charge in [0, 0.05) is 6.20 Å². The molecule has 0 aliphatic rings. The molecule has 0 saturated heterocycles. The molecule has 0 radical (unpaired) electrons. The predicted molar refractivity (Wildman–Crippen MR) is 99.5 cm³/mol. The summed E-state index contributed by atoms with van der Waals surface area (Å²) in [5.41, 5.74) is 0.936. The first-order chi connectivity index (χ1) is 12.0. The van der Waals surface area contributed by atoms with Crippen molar-refractivity contribution in [1.29, 1.82) is 0 Å². The van der Waals surface area contributed by atoms with E-state index >= 15 is 0 Å². The molecule has 0 aliphatic carbocycles. The molecule has 0 spiro atoms. The summed E-state index contributed by atoms with van der Waals surface area (Å²) in [6.07, 6.45) is 2.51. The molecule has 0 aliphatic heterocycles. The van der Waals surface area contributed by atoms with Gasteiger partial charge < -0.3 is 4.74 Å². The number of nitrogens with one attached hydrogen (secondary N) is 1. The van der Waals surface area contributed by atoms with Crippen molar-refractivity contribution < 1.29 is 13.2 Å². The standard InChI is InChI=1S/C19H20N2O3S/c1-3-10-24-17-6-4-16-13-18(7-5-15(16)12-17)25(22,23)21-19-11-14(2)8-9-20-19/h4-9,11-13H,3,10H2,1-2H3,(H,20,21). The van der Waals surface area contributed by atoms with Crippen molar-refractivity contribution in [3.63, 3.8) is 0 Å². The van der Waals surface area contributed by atoms with Crippen molar-refractivity contribution in [2.45, 2.75) is 25.2 Å². The molecule has 6 heteroatoms. The number of anilines is 1. The highest BCUT2D eigenvalue weighted by Gasteiger charge is 2.15. The summed E-state index contributed by atoms with van der Waals surface area (Å²) in [5.74, 6) is 1.09. The quantitative estimate of drug-likeness (QED) is 0.721. The largest absolute Gasteiger partial charge is 0.494 e. The number of aryl methyl sites for hydroxylation is 1. The van der Waals surface area contributed by atoms with Crippen LogP contribution in [0.5, 0.6) is 5.75 Å². The van der Waals surface area contributed by atoms with Crippen molar-refractivity contribution in [1.82, 2.24) is 4.98 Å². The zero-order valence-electron chi connectivity index (χ0n) is 14.2. The Balaban J connectivity index is 1.89. The molecular formula is C19H20N2O3S. The number of nitrogens with zero attached hydrogens (tertiary/aromatic N) is 1. The van der Waals surface area contributed by atoms with Gasteiger partial charge in [-0.25, -0.2) is 13.4 Å². The maximum atomic E-state index is 12.6. The van der Waals surface area contributed by atoms with Crippen molar-refractivity contribution >= 4 is 26.6 Å². The van der Waals surface area contributed by atoms with E-state index in [1.165, 1.54) is 0 Å². The lowest BCUT2D eigenvalue weighted by Gasteiger charge is -2.10. The molecule has 1 N–H and O–H groups in total. The lowest BCUT2D eigenvalue weighted by molar-refractivity contribution is 0.318. The van der Waals surface area contributed by atoms with E-state index in [2.05, 4.69) is 9.71 Å². The molecule has 0 fully saturated rings. The highest BCUT2D eigenvalue weighted by atomic mass is 32.2. The topological polar surface area (TPSA) is 68.3 Å². The zero-order valence-corrected chi connectivity index (χ0v) is 15.0. The first kappa shape index (κ1) is 17.2. The Morgan fingerprint density at radius 2 is 1.80 bits per heavy atom. The van der Waals surface area contributed by atoms with Gasteiger partial charge in [0.2, 0.25) is 0 Å². The van der Waals surface area contributed by atoms with Crippen molar-refractivity contribution in [2.75, 3.05) is 11.3 Å². The molecule has 2 aromatic carbocycles. The average Bonchev–Trinajstić information content (AvgIpc) is 2.59. The van der Waals surface area contributed by atoms with Crippen LogP contribution in [0.1, 0.15) is 18.9 Å². The number of pyridine rings is 1. The fraction of sp³-hybridized carbons (Fsp3) is 0.211. The monoisotopic (exact) mass is 356 g/mol. The van der Waals surface area contributed by atoms with Crippen LogP contribution < -0.4 is 9.46 Å². The Labute approximate surface area is 147 Å². The van der Waals surface area contributed by atoms with E-state index in [9.17, 15) is 8.42 Å². The predicted octanol–water partition coefficient (Wildman–Crippen LogP) is 4.13. The number of aromatic nitrogens is 1. The number of fused-ring (bicyclic) bond motifs is 1. The molecule has 5 nitrogen and oxygen atoms in total. The maximum absolute atomic E-state index is 12.6. The molecule has 0 amide bonds. The van der Waals surface area contributed by atoms with Gasteiger partial charge in [-0.15, -0.1) is 0 Å². The molecule has 3 rings (SSSR count). The van der Waals surface area contributed by atoms with Gasteiger partial charge >= 0.3 is 0 Å². The minimum Gasteiger partial charge on any atom is -0.494 e. The van der Waals surface area contributed by atoms with Crippen LogP contribution in [0, 0.1) is 6.92 Å². The number of ether oxygens (including phenoxy) is 1. The number of hydrogen-bond acceptors (Lipinski definition) is 4. The van der Waals surface area contributed by atoms with E-state index in [1.807, 2.05) is 38.1 Å². The smallest absolute Gasteiger partial charge is 0.263 e. The van der Waals surface area contributed by atoms with Crippen LogP contribution in [0.2, 0.25) is 0 Å². The molecular weight excluding hydrogens is 336 g/mol. The summed E-state index contributed by atoms with van der Waals surface area (Å²) in [7, 11) is -3.69. The van der Waals surface area contributed by atoms with Gasteiger partial charge in [-0.3, -0.25) is 4.72 Å². The second kappa shape index (κ2) is 7.11. The first-order valence-corrected chi connectivity index (χ1v) is 9.58. The van der Waals surface area contributed by atoms with E-state index in [0.29, 0.717) is 12.4 Å². The zero-order chi connectivity index (χ0) is 17.9. The molecule has 3 aromatic rings. The second-order valence-corrected chi connectivity index (χ2v) is 7.53. The van der Waals surface area contributed by atoms with Crippen LogP contribution in [0.4, 0.5) is 5.82 Å². The van der Waals surface area contributed by atoms with E-state index < -0.39 is 10.0 Å². The van der Waals surface area contributed by atoms with Gasteiger partial charge in [-0.1, -0.05) is 19.1 Å². The van der Waals surface area contributed by atoms with Gasteiger partial charge in [0.05, 0.1) is 11.5 Å². The minimum atomic E-state index is -3.69. The minimum absolute atomic E-state index is 0.200. The second-order valence-electron chi connectivity index (χ2n) is 5.84. The number of sulfonamides is 1. The Kier molecular flexibility index (Phi) is 4.90. The molecule has 0 saturated carbocycles. The summed E-state index contributed by atoms with van der Waals surface area (Å²) in [6.45, 7) is 4.59. The Hall–Kier alpha value is -2.60. The molecule has 1 heterocycles. The number of benzene rings is 2. The molecule has 1 aromatic heterocycles. The Morgan fingerprint density at radius 3 is 2.56 bits per heavy atom. The third kappa shape index (κ3) is 4.09. The molecule has 0 atom stereocenters. The lowest BCUT2D eigenvalue weighted by Crippen LogP contribution is -2.13. The van der Waals surface area contributed by atoms with E-state index in [1.54, 1.807) is 30.5 Å². The molecule has 0 unspecified atom stereocenters. The summed E-state index contributed by atoms with van der Waals surface area (Å²) in [4.78, 5) is 4.25. The fourth-order valence-electron chi connectivity index (χ4n) is 2.47. The summed E-state index contributed by atoms with van der Waals surface area (Å²) < 4.78 is 33.3. The summed E-state index contributed by atoms with van der Waals surface area (Å²) in [6, 6.07) is 14.2. The van der Waals surface area contributed by atoms with Crippen LogP contribution in [-0.2, 0) is 10.0 Å². The van der Waals surface area contributed by atoms with E-state index in [4.69, 9.17) is 4.74 Å². The Bertz CT molecular complexity index is 1000. The SMILES string of the molecule is CCCOc1ccc2cc(S(=O)(=O)Nc3cc(C)ccn3)ccc2c1. The number of hydrogen-bond donors (Lipinski definition) is 1. The normalized spacial score (nSPS) is 11.4. The molecule has 0 bridgehead atoms. The van der Waals surface area contributed by atoms with Crippen LogP contribution in [-0.4, -0.2) is 20.0 Å². The first-order valence-electron chi connectivity index (χ1n) is 8.10. The van der Waals surface area contributed by atoms with Gasteiger partial charge in [-0.05, 0) is 66.1 Å². The van der Waals surface area contributed by atoms with Gasteiger partial charge in [0.25, 0.3) is 10.0 Å². The summed E-state index contributed by atoms with van der Waals surface area (Å²) in [5, 5.41) is 1.77. The van der Waals surface area contributed by atoms with E-state index in [0.717, 1.165) is 28.5 Å². The van der Waals surface area contributed by atoms with Crippen molar-refractivity contribution in [2.24, 2.45) is 0 Å². The van der Waals surface area contributed by atoms with Gasteiger partial charge in [-0.2, -0.15) is 0 Å². The van der Waals surface area contributed by atoms with Gasteiger partial charge in [0.1, 0.15) is 11.6 Å². The lowest BCUT2D eigenvalue weighted by atomic mass is 10.1. The average molecular weight is 356 g/mol. The number of rotatable bonds is 6. The van der Waals surface area contributed by atoms with Crippen molar-refractivity contribution in [3.8, 4) is 5.75 Å². The third-order valence-corrected chi connectivity index (χ3v) is 5.07. The van der Waals surface area contributed by atoms with Crippen LogP contribution in [0.3, 0.4) is 0 Å². The van der Waals surface area contributed by atoms with Crippen molar-refractivity contribution in [3.05, 3.63) is 60.3 Å².